The smallest absolute Gasteiger partial charge is 0.338 e. The van der Waals surface area contributed by atoms with Crippen LogP contribution in [-0.2, 0) is 6.54 Å². The van der Waals surface area contributed by atoms with Gasteiger partial charge in [-0.1, -0.05) is 13.8 Å². The fraction of sp³-hybridized carbons (Fsp3) is 0.643. The Morgan fingerprint density at radius 3 is 2.72 bits per heavy atom. The molecule has 1 aliphatic carbocycles. The molecular weight excluding hydrogens is 230 g/mol. The number of aromatic carboxylic acids is 1. The first kappa shape index (κ1) is 13.1. The van der Waals surface area contributed by atoms with Crippen molar-refractivity contribution in [2.24, 2.45) is 5.41 Å². The molecule has 100 valence electrons. The van der Waals surface area contributed by atoms with Gasteiger partial charge in [0, 0.05) is 6.04 Å². The lowest BCUT2D eigenvalue weighted by molar-refractivity contribution is 0.0696. The molecule has 0 spiro atoms. The van der Waals surface area contributed by atoms with E-state index >= 15 is 0 Å². The maximum Gasteiger partial charge on any atom is 0.338 e. The summed E-state index contributed by atoms with van der Waals surface area (Å²) in [6.45, 7) is 5.24. The summed E-state index contributed by atoms with van der Waals surface area (Å²) >= 11 is 0. The van der Waals surface area contributed by atoms with Crippen LogP contribution in [0.4, 0.5) is 0 Å². The lowest BCUT2D eigenvalue weighted by atomic mass is 9.75. The van der Waals surface area contributed by atoms with Gasteiger partial charge in [-0.3, -0.25) is 0 Å². The second-order valence-corrected chi connectivity index (χ2v) is 5.93. The predicted molar refractivity (Wildman–Crippen MR) is 68.5 cm³/mol. The second kappa shape index (κ2) is 5.14. The Labute approximate surface area is 107 Å². The monoisotopic (exact) mass is 251 g/mol. The van der Waals surface area contributed by atoms with Gasteiger partial charge in [-0.15, -0.1) is 0 Å². The number of carbonyl (C=O) groups is 1. The summed E-state index contributed by atoms with van der Waals surface area (Å²) in [5, 5.41) is 12.2. The highest BCUT2D eigenvalue weighted by Gasteiger charge is 2.26. The van der Waals surface area contributed by atoms with Crippen molar-refractivity contribution in [3.63, 3.8) is 0 Å². The van der Waals surface area contributed by atoms with Gasteiger partial charge >= 0.3 is 5.97 Å². The molecule has 0 unspecified atom stereocenters. The third-order valence-electron chi connectivity index (χ3n) is 3.80. The van der Waals surface area contributed by atoms with E-state index in [-0.39, 0.29) is 5.56 Å². The summed E-state index contributed by atoms with van der Waals surface area (Å²) in [6.07, 6.45) is 6.13. The number of carboxylic acids is 1. The number of hydrogen-bond acceptors (Lipinski definition) is 3. The molecule has 1 heterocycles. The van der Waals surface area contributed by atoms with E-state index in [4.69, 9.17) is 9.52 Å². The first-order valence-electron chi connectivity index (χ1n) is 6.50. The summed E-state index contributed by atoms with van der Waals surface area (Å²) in [6, 6.07) is 2.11. The molecule has 0 saturated heterocycles. The molecule has 1 saturated carbocycles. The van der Waals surface area contributed by atoms with Crippen LogP contribution in [0, 0.1) is 5.41 Å². The fourth-order valence-electron chi connectivity index (χ4n) is 2.43. The van der Waals surface area contributed by atoms with Crippen LogP contribution in [0.15, 0.2) is 16.7 Å². The van der Waals surface area contributed by atoms with E-state index in [0.29, 0.717) is 23.8 Å². The largest absolute Gasteiger partial charge is 0.478 e. The minimum absolute atomic E-state index is 0.219. The van der Waals surface area contributed by atoms with Gasteiger partial charge in [-0.25, -0.2) is 4.79 Å². The zero-order valence-electron chi connectivity index (χ0n) is 11.0. The lowest BCUT2D eigenvalue weighted by Crippen LogP contribution is -2.35. The highest BCUT2D eigenvalue weighted by molar-refractivity contribution is 5.87. The molecule has 1 aromatic heterocycles. The van der Waals surface area contributed by atoms with E-state index < -0.39 is 5.97 Å². The van der Waals surface area contributed by atoms with Gasteiger partial charge in [0.2, 0.25) is 0 Å². The molecule has 0 aromatic carbocycles. The van der Waals surface area contributed by atoms with Crippen molar-refractivity contribution in [1.29, 1.82) is 0 Å². The molecule has 4 heteroatoms. The van der Waals surface area contributed by atoms with Gasteiger partial charge in [0.05, 0.1) is 12.1 Å². The first-order valence-corrected chi connectivity index (χ1v) is 6.50. The van der Waals surface area contributed by atoms with E-state index in [1.807, 2.05) is 0 Å². The van der Waals surface area contributed by atoms with Gasteiger partial charge in [0.1, 0.15) is 12.0 Å². The highest BCUT2D eigenvalue weighted by atomic mass is 16.4. The molecule has 1 aliphatic rings. The molecular formula is C14H21NO3. The number of hydrogen-bond donors (Lipinski definition) is 2. The molecule has 0 bridgehead atoms. The van der Waals surface area contributed by atoms with Crippen molar-refractivity contribution >= 4 is 5.97 Å². The standard InChI is InChI=1S/C14H21NO3/c1-14(2)5-3-11(4-6-14)15-8-12-7-10(9-18-12)13(16)17/h7,9,11,15H,3-6,8H2,1-2H3,(H,16,17). The van der Waals surface area contributed by atoms with E-state index in [0.717, 1.165) is 0 Å². The molecule has 2 N–H and O–H groups in total. The molecule has 2 rings (SSSR count). The SMILES string of the molecule is CC1(C)CCC(NCc2cc(C(=O)O)co2)CC1. The minimum Gasteiger partial charge on any atom is -0.478 e. The van der Waals surface area contributed by atoms with Crippen molar-refractivity contribution in [2.75, 3.05) is 0 Å². The molecule has 18 heavy (non-hydrogen) atoms. The van der Waals surface area contributed by atoms with Crippen LogP contribution < -0.4 is 5.32 Å². The van der Waals surface area contributed by atoms with Crippen LogP contribution in [0.3, 0.4) is 0 Å². The average molecular weight is 251 g/mol. The minimum atomic E-state index is -0.940. The van der Waals surface area contributed by atoms with Crippen molar-refractivity contribution in [3.05, 3.63) is 23.7 Å². The maximum absolute atomic E-state index is 10.7. The summed E-state index contributed by atoms with van der Waals surface area (Å²) in [7, 11) is 0. The van der Waals surface area contributed by atoms with E-state index in [1.165, 1.54) is 31.9 Å². The topological polar surface area (TPSA) is 62.5 Å². The van der Waals surface area contributed by atoms with Crippen molar-refractivity contribution in [2.45, 2.75) is 52.1 Å². The summed E-state index contributed by atoms with van der Waals surface area (Å²) in [5.74, 6) is -0.248. The molecule has 1 fully saturated rings. The fourth-order valence-corrected chi connectivity index (χ4v) is 2.43. The van der Waals surface area contributed by atoms with Crippen LogP contribution in [0.2, 0.25) is 0 Å². The quantitative estimate of drug-likeness (QED) is 0.863. The van der Waals surface area contributed by atoms with Gasteiger partial charge in [-0.05, 0) is 37.2 Å². The van der Waals surface area contributed by atoms with Crippen LogP contribution in [0.5, 0.6) is 0 Å². The summed E-state index contributed by atoms with van der Waals surface area (Å²) in [4.78, 5) is 10.7. The van der Waals surface area contributed by atoms with Crippen LogP contribution in [0.25, 0.3) is 0 Å². The van der Waals surface area contributed by atoms with Gasteiger partial charge in [0.25, 0.3) is 0 Å². The van der Waals surface area contributed by atoms with E-state index in [2.05, 4.69) is 19.2 Å². The normalized spacial score (nSPS) is 19.9. The highest BCUT2D eigenvalue weighted by Crippen LogP contribution is 2.35. The van der Waals surface area contributed by atoms with Gasteiger partial charge in [0.15, 0.2) is 0 Å². The Hall–Kier alpha value is -1.29. The zero-order chi connectivity index (χ0) is 13.2. The Bertz CT molecular complexity index is 412. The molecule has 0 aliphatic heterocycles. The number of rotatable bonds is 4. The number of furan rings is 1. The Balaban J connectivity index is 1.79. The number of carboxylic acid groups (broad SMARTS) is 1. The zero-order valence-corrected chi connectivity index (χ0v) is 11.0. The Morgan fingerprint density at radius 1 is 1.50 bits per heavy atom. The Morgan fingerprint density at radius 2 is 2.17 bits per heavy atom. The molecule has 4 nitrogen and oxygen atoms in total. The first-order chi connectivity index (χ1) is 8.46. The van der Waals surface area contributed by atoms with Crippen LogP contribution in [0.1, 0.15) is 55.6 Å². The molecule has 0 amide bonds. The molecule has 0 radical (unpaired) electrons. The van der Waals surface area contributed by atoms with Crippen molar-refractivity contribution in [3.8, 4) is 0 Å². The van der Waals surface area contributed by atoms with Crippen molar-refractivity contribution < 1.29 is 14.3 Å². The van der Waals surface area contributed by atoms with Crippen LogP contribution in [-0.4, -0.2) is 17.1 Å². The maximum atomic E-state index is 10.7. The van der Waals surface area contributed by atoms with Gasteiger partial charge in [-0.2, -0.15) is 0 Å². The predicted octanol–water partition coefficient (Wildman–Crippen LogP) is 3.04. The van der Waals surface area contributed by atoms with E-state index in [1.54, 1.807) is 6.07 Å². The molecule has 1 aromatic rings. The second-order valence-electron chi connectivity index (χ2n) is 5.93. The lowest BCUT2D eigenvalue weighted by Gasteiger charge is -2.34. The molecule has 0 atom stereocenters. The van der Waals surface area contributed by atoms with Gasteiger partial charge < -0.3 is 14.8 Å². The third-order valence-corrected chi connectivity index (χ3v) is 3.80. The average Bonchev–Trinajstić information content (AvgIpc) is 2.76. The Kier molecular flexibility index (Phi) is 3.76. The number of nitrogens with one attached hydrogen (secondary N) is 1. The summed E-state index contributed by atoms with van der Waals surface area (Å²) in [5.41, 5.74) is 0.691. The third kappa shape index (κ3) is 3.35. The summed E-state index contributed by atoms with van der Waals surface area (Å²) < 4.78 is 5.21. The van der Waals surface area contributed by atoms with Crippen molar-refractivity contribution in [1.82, 2.24) is 5.32 Å². The van der Waals surface area contributed by atoms with Crippen LogP contribution >= 0.6 is 0 Å². The van der Waals surface area contributed by atoms with E-state index in [9.17, 15) is 4.79 Å².